The van der Waals surface area contributed by atoms with E-state index in [0.717, 1.165) is 30.5 Å². The predicted octanol–water partition coefficient (Wildman–Crippen LogP) is 2.93. The summed E-state index contributed by atoms with van der Waals surface area (Å²) in [7, 11) is -3.71. The third-order valence-electron chi connectivity index (χ3n) is 5.19. The van der Waals surface area contributed by atoms with Gasteiger partial charge in [-0.3, -0.25) is 4.79 Å². The van der Waals surface area contributed by atoms with Gasteiger partial charge in [0.2, 0.25) is 15.9 Å². The molecule has 0 spiro atoms. The molecule has 1 aliphatic heterocycles. The van der Waals surface area contributed by atoms with Gasteiger partial charge in [0.15, 0.2) is 5.58 Å². The molecule has 2 N–H and O–H groups in total. The third kappa shape index (κ3) is 5.17. The van der Waals surface area contributed by atoms with Crippen molar-refractivity contribution in [2.45, 2.75) is 30.2 Å². The number of fused-ring (bicyclic) bond motifs is 1. The van der Waals surface area contributed by atoms with E-state index in [1.807, 2.05) is 24.3 Å². The molecule has 1 saturated heterocycles. The number of amides is 1. The van der Waals surface area contributed by atoms with Crippen LogP contribution in [0.2, 0.25) is 5.02 Å². The molecular formula is C21H23ClN4O4S. The van der Waals surface area contributed by atoms with Crippen molar-refractivity contribution in [1.82, 2.24) is 15.0 Å². The Morgan fingerprint density at radius 1 is 1.23 bits per heavy atom. The number of rotatable bonds is 8. The molecule has 8 nitrogen and oxygen atoms in total. The lowest BCUT2D eigenvalue weighted by atomic mass is 10.2. The molecule has 164 valence electrons. The van der Waals surface area contributed by atoms with Crippen LogP contribution < -0.4 is 14.9 Å². The smallest absolute Gasteiger partial charge is 0.298 e. The van der Waals surface area contributed by atoms with Crippen LogP contribution in [-0.4, -0.2) is 45.0 Å². The summed E-state index contributed by atoms with van der Waals surface area (Å²) in [6.07, 6.45) is 1.94. The molecular weight excluding hydrogens is 440 g/mol. The van der Waals surface area contributed by atoms with E-state index in [0.29, 0.717) is 17.6 Å². The zero-order valence-electron chi connectivity index (χ0n) is 16.8. The number of hydrogen-bond donors (Lipinski definition) is 2. The molecule has 1 fully saturated rings. The van der Waals surface area contributed by atoms with Crippen LogP contribution in [0.25, 0.3) is 11.1 Å². The van der Waals surface area contributed by atoms with Crippen molar-refractivity contribution >= 4 is 44.6 Å². The Bertz CT molecular complexity index is 1150. The maximum Gasteiger partial charge on any atom is 0.298 e. The molecule has 1 unspecified atom stereocenters. The van der Waals surface area contributed by atoms with Crippen LogP contribution >= 0.6 is 11.6 Å². The Morgan fingerprint density at radius 2 is 2.06 bits per heavy atom. The molecule has 0 aliphatic carbocycles. The predicted molar refractivity (Wildman–Crippen MR) is 119 cm³/mol. The van der Waals surface area contributed by atoms with Crippen molar-refractivity contribution < 1.29 is 17.6 Å². The Labute approximate surface area is 185 Å². The number of halogens is 1. The first-order valence-electron chi connectivity index (χ1n) is 10.1. The summed E-state index contributed by atoms with van der Waals surface area (Å²) in [5.74, 6) is -0.224. The normalized spacial score (nSPS) is 16.7. The number of carbonyl (C=O) groups is 1. The minimum Gasteiger partial charge on any atom is -0.423 e. The molecule has 0 bridgehead atoms. The van der Waals surface area contributed by atoms with Gasteiger partial charge in [-0.05, 0) is 43.2 Å². The highest BCUT2D eigenvalue weighted by Crippen LogP contribution is 2.28. The summed E-state index contributed by atoms with van der Waals surface area (Å²) in [4.78, 5) is 18.9. The van der Waals surface area contributed by atoms with Gasteiger partial charge in [0, 0.05) is 31.1 Å². The van der Waals surface area contributed by atoms with Gasteiger partial charge in [0.1, 0.15) is 5.52 Å². The number of hydrogen-bond acceptors (Lipinski definition) is 6. The molecule has 0 radical (unpaired) electrons. The van der Waals surface area contributed by atoms with Gasteiger partial charge >= 0.3 is 0 Å². The molecule has 1 atom stereocenters. The topological polar surface area (TPSA) is 105 Å². The van der Waals surface area contributed by atoms with Crippen LogP contribution in [0.3, 0.4) is 0 Å². The Kier molecular flexibility index (Phi) is 6.45. The number of nitrogens with one attached hydrogen (secondary N) is 2. The van der Waals surface area contributed by atoms with E-state index >= 15 is 0 Å². The number of sulfonamides is 1. The number of nitrogens with zero attached hydrogens (tertiary/aromatic N) is 2. The fourth-order valence-electron chi connectivity index (χ4n) is 3.62. The number of oxazole rings is 1. The summed E-state index contributed by atoms with van der Waals surface area (Å²) >= 11 is 5.85. The number of carbonyl (C=O) groups excluding carboxylic acids is 1. The first-order valence-corrected chi connectivity index (χ1v) is 11.9. The van der Waals surface area contributed by atoms with Gasteiger partial charge in [-0.15, -0.1) is 0 Å². The summed E-state index contributed by atoms with van der Waals surface area (Å²) < 4.78 is 32.8. The minimum absolute atomic E-state index is 0.000188. The lowest BCUT2D eigenvalue weighted by molar-refractivity contribution is -0.120. The van der Waals surface area contributed by atoms with Crippen LogP contribution in [0.1, 0.15) is 19.3 Å². The number of para-hydroxylation sites is 2. The summed E-state index contributed by atoms with van der Waals surface area (Å²) in [6.45, 7) is 1.26. The van der Waals surface area contributed by atoms with Crippen LogP contribution in [0.4, 0.5) is 6.01 Å². The molecule has 2 aromatic carbocycles. The SMILES string of the molecule is O=C(CCNS(=O)(=O)c1cccc(Cl)c1)NCC1CCCN1c1nc2ccccc2o1. The summed E-state index contributed by atoms with van der Waals surface area (Å²) in [6, 6.07) is 14.2. The first kappa shape index (κ1) is 21.6. The van der Waals surface area contributed by atoms with Crippen molar-refractivity contribution in [3.63, 3.8) is 0 Å². The molecule has 10 heteroatoms. The Balaban J connectivity index is 1.27. The average molecular weight is 463 g/mol. The maximum absolute atomic E-state index is 12.3. The van der Waals surface area contributed by atoms with Crippen molar-refractivity contribution in [3.05, 3.63) is 53.6 Å². The van der Waals surface area contributed by atoms with E-state index in [9.17, 15) is 13.2 Å². The van der Waals surface area contributed by atoms with Gasteiger partial charge in [-0.2, -0.15) is 4.98 Å². The zero-order chi connectivity index (χ0) is 21.8. The lowest BCUT2D eigenvalue weighted by Gasteiger charge is -2.23. The molecule has 1 amide bonds. The minimum atomic E-state index is -3.71. The summed E-state index contributed by atoms with van der Waals surface area (Å²) in [5, 5.41) is 3.22. The second-order valence-electron chi connectivity index (χ2n) is 7.36. The summed E-state index contributed by atoms with van der Waals surface area (Å²) in [5.41, 5.74) is 1.54. The monoisotopic (exact) mass is 462 g/mol. The molecule has 4 rings (SSSR count). The fraction of sp³-hybridized carbons (Fsp3) is 0.333. The molecule has 2 heterocycles. The van der Waals surface area contributed by atoms with E-state index in [2.05, 4.69) is 19.9 Å². The van der Waals surface area contributed by atoms with Crippen LogP contribution in [-0.2, 0) is 14.8 Å². The van der Waals surface area contributed by atoms with Gasteiger partial charge in [-0.25, -0.2) is 13.1 Å². The van der Waals surface area contributed by atoms with Gasteiger partial charge < -0.3 is 14.6 Å². The van der Waals surface area contributed by atoms with E-state index < -0.39 is 10.0 Å². The van der Waals surface area contributed by atoms with Gasteiger partial charge in [0.25, 0.3) is 6.01 Å². The molecule has 3 aromatic rings. The van der Waals surface area contributed by atoms with Gasteiger partial charge in [0.05, 0.1) is 10.9 Å². The van der Waals surface area contributed by atoms with Crippen LogP contribution in [0.15, 0.2) is 57.8 Å². The maximum atomic E-state index is 12.3. The second kappa shape index (κ2) is 9.25. The second-order valence-corrected chi connectivity index (χ2v) is 9.57. The van der Waals surface area contributed by atoms with Crippen molar-refractivity contribution in [1.29, 1.82) is 0 Å². The standard InChI is InChI=1S/C21H23ClN4O4S/c22-15-5-3-7-17(13-15)31(28,29)24-11-10-20(27)23-14-16-6-4-12-26(16)21-25-18-8-1-2-9-19(18)30-21/h1-3,5,7-9,13,16,24H,4,6,10-12,14H2,(H,23,27). The van der Waals surface area contributed by atoms with Crippen LogP contribution in [0.5, 0.6) is 0 Å². The largest absolute Gasteiger partial charge is 0.423 e. The molecule has 0 saturated carbocycles. The van der Waals surface area contributed by atoms with Crippen molar-refractivity contribution in [2.24, 2.45) is 0 Å². The number of anilines is 1. The van der Waals surface area contributed by atoms with Crippen molar-refractivity contribution in [3.8, 4) is 0 Å². The lowest BCUT2D eigenvalue weighted by Crippen LogP contribution is -2.41. The van der Waals surface area contributed by atoms with E-state index in [1.54, 1.807) is 12.1 Å². The zero-order valence-corrected chi connectivity index (χ0v) is 18.3. The van der Waals surface area contributed by atoms with E-state index in [4.69, 9.17) is 16.0 Å². The molecule has 1 aliphatic rings. The highest BCUT2D eigenvalue weighted by atomic mass is 35.5. The van der Waals surface area contributed by atoms with Crippen LogP contribution in [0, 0.1) is 0 Å². The average Bonchev–Trinajstić information content (AvgIpc) is 3.38. The first-order chi connectivity index (χ1) is 14.9. The van der Waals surface area contributed by atoms with Gasteiger partial charge in [-0.1, -0.05) is 29.8 Å². The number of aromatic nitrogens is 1. The van der Waals surface area contributed by atoms with E-state index in [1.165, 1.54) is 12.1 Å². The quantitative estimate of drug-likeness (QED) is 0.533. The van der Waals surface area contributed by atoms with E-state index in [-0.39, 0.29) is 29.8 Å². The Morgan fingerprint density at radius 3 is 2.87 bits per heavy atom. The third-order valence-corrected chi connectivity index (χ3v) is 6.88. The van der Waals surface area contributed by atoms with Crippen molar-refractivity contribution in [2.75, 3.05) is 24.5 Å². The number of benzene rings is 2. The molecule has 31 heavy (non-hydrogen) atoms. The fourth-order valence-corrected chi connectivity index (χ4v) is 4.95. The highest BCUT2D eigenvalue weighted by Gasteiger charge is 2.28. The molecule has 1 aromatic heterocycles. The highest BCUT2D eigenvalue weighted by molar-refractivity contribution is 7.89. The Hall–Kier alpha value is -2.62.